The standard InChI is InChI=1S/C14H16O4/c1-8-6-10(16)7-11-12(17)4-5-13(14(8,11)3)18-9(2)15/h4-5,7-8,13H,6H2,1-3H3/t8-,13-,14+/m1/s1. The summed E-state index contributed by atoms with van der Waals surface area (Å²) >= 11 is 0. The fourth-order valence-electron chi connectivity index (χ4n) is 2.73. The maximum absolute atomic E-state index is 11.9. The molecule has 3 atom stereocenters. The molecule has 0 N–H and O–H groups in total. The zero-order valence-corrected chi connectivity index (χ0v) is 10.7. The molecule has 0 saturated carbocycles. The average molecular weight is 248 g/mol. The smallest absolute Gasteiger partial charge is 0.303 e. The summed E-state index contributed by atoms with van der Waals surface area (Å²) in [4.78, 5) is 34.6. The van der Waals surface area contributed by atoms with Crippen LogP contribution >= 0.6 is 0 Å². The van der Waals surface area contributed by atoms with Gasteiger partial charge in [-0.15, -0.1) is 0 Å². The van der Waals surface area contributed by atoms with Crippen LogP contribution < -0.4 is 0 Å². The molecule has 18 heavy (non-hydrogen) atoms. The van der Waals surface area contributed by atoms with Crippen LogP contribution in [0.1, 0.15) is 27.2 Å². The summed E-state index contributed by atoms with van der Waals surface area (Å²) in [7, 11) is 0. The van der Waals surface area contributed by atoms with E-state index in [0.29, 0.717) is 12.0 Å². The Morgan fingerprint density at radius 3 is 2.72 bits per heavy atom. The molecule has 0 radical (unpaired) electrons. The van der Waals surface area contributed by atoms with Gasteiger partial charge >= 0.3 is 5.97 Å². The summed E-state index contributed by atoms with van der Waals surface area (Å²) in [6, 6.07) is 0. The van der Waals surface area contributed by atoms with E-state index in [-0.39, 0.29) is 23.5 Å². The third kappa shape index (κ3) is 1.82. The molecule has 96 valence electrons. The monoisotopic (exact) mass is 248 g/mol. The van der Waals surface area contributed by atoms with Crippen LogP contribution in [-0.2, 0) is 19.1 Å². The number of esters is 1. The van der Waals surface area contributed by atoms with Crippen molar-refractivity contribution in [3.8, 4) is 0 Å². The van der Waals surface area contributed by atoms with Gasteiger partial charge in [-0.05, 0) is 24.1 Å². The number of hydrogen-bond acceptors (Lipinski definition) is 4. The third-order valence-electron chi connectivity index (χ3n) is 3.99. The van der Waals surface area contributed by atoms with E-state index in [9.17, 15) is 14.4 Å². The summed E-state index contributed by atoms with van der Waals surface area (Å²) in [6.07, 6.45) is 4.29. The van der Waals surface area contributed by atoms with E-state index in [1.54, 1.807) is 6.08 Å². The molecule has 0 aromatic rings. The molecule has 4 nitrogen and oxygen atoms in total. The normalized spacial score (nSPS) is 34.9. The van der Waals surface area contributed by atoms with Crippen molar-refractivity contribution in [3.05, 3.63) is 23.8 Å². The van der Waals surface area contributed by atoms with Crippen molar-refractivity contribution in [1.29, 1.82) is 0 Å². The fourth-order valence-corrected chi connectivity index (χ4v) is 2.73. The highest BCUT2D eigenvalue weighted by atomic mass is 16.5. The van der Waals surface area contributed by atoms with Crippen molar-refractivity contribution < 1.29 is 19.1 Å². The molecule has 0 fully saturated rings. The van der Waals surface area contributed by atoms with Gasteiger partial charge in [-0.3, -0.25) is 14.4 Å². The molecular formula is C14H16O4. The summed E-state index contributed by atoms with van der Waals surface area (Å²) in [5.74, 6) is -0.632. The lowest BCUT2D eigenvalue weighted by Gasteiger charge is -2.45. The van der Waals surface area contributed by atoms with E-state index in [4.69, 9.17) is 4.74 Å². The van der Waals surface area contributed by atoms with E-state index in [0.717, 1.165) is 0 Å². The van der Waals surface area contributed by atoms with Gasteiger partial charge in [-0.25, -0.2) is 0 Å². The lowest BCUT2D eigenvalue weighted by atomic mass is 9.60. The molecule has 0 aliphatic heterocycles. The minimum Gasteiger partial charge on any atom is -0.457 e. The second-order valence-electron chi connectivity index (χ2n) is 5.17. The Kier molecular flexibility index (Phi) is 2.97. The average Bonchev–Trinajstić information content (AvgIpc) is 2.26. The Labute approximate surface area is 106 Å². The quantitative estimate of drug-likeness (QED) is 0.661. The molecule has 0 amide bonds. The first kappa shape index (κ1) is 12.7. The van der Waals surface area contributed by atoms with Crippen LogP contribution in [0.4, 0.5) is 0 Å². The third-order valence-corrected chi connectivity index (χ3v) is 3.99. The second kappa shape index (κ2) is 4.19. The van der Waals surface area contributed by atoms with Crippen molar-refractivity contribution in [1.82, 2.24) is 0 Å². The van der Waals surface area contributed by atoms with Gasteiger partial charge in [-0.1, -0.05) is 13.8 Å². The topological polar surface area (TPSA) is 60.4 Å². The van der Waals surface area contributed by atoms with Gasteiger partial charge in [0.1, 0.15) is 6.10 Å². The zero-order valence-electron chi connectivity index (χ0n) is 10.7. The molecule has 0 aromatic carbocycles. The molecule has 0 saturated heterocycles. The Hall–Kier alpha value is -1.71. The SMILES string of the molecule is CC(=O)O[C@@H]1C=CC(=O)C2=CC(=O)C[C@@H](C)[C@@]21C. The summed E-state index contributed by atoms with van der Waals surface area (Å²) in [6.45, 7) is 5.13. The van der Waals surface area contributed by atoms with Crippen molar-refractivity contribution in [2.24, 2.45) is 11.3 Å². The van der Waals surface area contributed by atoms with Gasteiger partial charge in [-0.2, -0.15) is 0 Å². The van der Waals surface area contributed by atoms with Crippen LogP contribution in [-0.4, -0.2) is 23.6 Å². The lowest BCUT2D eigenvalue weighted by Crippen LogP contribution is -2.48. The minimum absolute atomic E-state index is 0.0387. The number of hydrogen-bond donors (Lipinski definition) is 0. The number of carbonyl (C=O) groups excluding carboxylic acids is 3. The highest BCUT2D eigenvalue weighted by molar-refractivity contribution is 6.11. The van der Waals surface area contributed by atoms with Crippen molar-refractivity contribution >= 4 is 17.5 Å². The van der Waals surface area contributed by atoms with Gasteiger partial charge < -0.3 is 4.74 Å². The van der Waals surface area contributed by atoms with E-state index in [1.807, 2.05) is 13.8 Å². The first-order valence-electron chi connectivity index (χ1n) is 6.00. The molecule has 4 heteroatoms. The van der Waals surface area contributed by atoms with E-state index < -0.39 is 11.5 Å². The Morgan fingerprint density at radius 1 is 1.44 bits per heavy atom. The van der Waals surface area contributed by atoms with Crippen LogP contribution in [0.2, 0.25) is 0 Å². The van der Waals surface area contributed by atoms with Gasteiger partial charge in [0.05, 0.1) is 0 Å². The summed E-state index contributed by atoms with van der Waals surface area (Å²) < 4.78 is 5.29. The Bertz CT molecular complexity index is 486. The predicted molar refractivity (Wildman–Crippen MR) is 64.7 cm³/mol. The summed E-state index contributed by atoms with van der Waals surface area (Å²) in [5, 5.41) is 0. The number of rotatable bonds is 1. The number of ether oxygens (including phenoxy) is 1. The maximum atomic E-state index is 11.9. The molecule has 2 aliphatic rings. The summed E-state index contributed by atoms with van der Waals surface area (Å²) in [5.41, 5.74) is -0.147. The van der Waals surface area contributed by atoms with Gasteiger partial charge in [0.15, 0.2) is 11.6 Å². The molecule has 0 unspecified atom stereocenters. The molecule has 0 spiro atoms. The van der Waals surface area contributed by atoms with Gasteiger partial charge in [0, 0.05) is 24.3 Å². The number of carbonyl (C=O) groups is 3. The van der Waals surface area contributed by atoms with Crippen molar-refractivity contribution in [3.63, 3.8) is 0 Å². The van der Waals surface area contributed by atoms with Crippen LogP contribution in [0.3, 0.4) is 0 Å². The van der Waals surface area contributed by atoms with Gasteiger partial charge in [0.25, 0.3) is 0 Å². The van der Waals surface area contributed by atoms with Gasteiger partial charge in [0.2, 0.25) is 0 Å². The van der Waals surface area contributed by atoms with Crippen LogP contribution in [0.5, 0.6) is 0 Å². The first-order valence-corrected chi connectivity index (χ1v) is 6.00. The van der Waals surface area contributed by atoms with E-state index >= 15 is 0 Å². The number of fused-ring (bicyclic) bond motifs is 1. The van der Waals surface area contributed by atoms with Crippen molar-refractivity contribution in [2.75, 3.05) is 0 Å². The molecule has 0 heterocycles. The molecule has 2 rings (SSSR count). The fraction of sp³-hybridized carbons (Fsp3) is 0.500. The minimum atomic E-state index is -0.606. The lowest BCUT2D eigenvalue weighted by molar-refractivity contribution is -0.151. The van der Waals surface area contributed by atoms with E-state index in [2.05, 4.69) is 0 Å². The molecule has 0 bridgehead atoms. The Balaban J connectivity index is 2.51. The van der Waals surface area contributed by atoms with Crippen LogP contribution in [0.25, 0.3) is 0 Å². The predicted octanol–water partition coefficient (Wildman–Crippen LogP) is 1.60. The molecule has 2 aliphatic carbocycles. The highest BCUT2D eigenvalue weighted by Crippen LogP contribution is 2.47. The van der Waals surface area contributed by atoms with Crippen LogP contribution in [0, 0.1) is 11.3 Å². The number of ketones is 2. The Morgan fingerprint density at radius 2 is 2.11 bits per heavy atom. The first-order chi connectivity index (χ1) is 8.35. The second-order valence-corrected chi connectivity index (χ2v) is 5.17. The van der Waals surface area contributed by atoms with Crippen molar-refractivity contribution in [2.45, 2.75) is 33.3 Å². The largest absolute Gasteiger partial charge is 0.457 e. The molecular weight excluding hydrogens is 232 g/mol. The zero-order chi connectivity index (χ0) is 13.5. The van der Waals surface area contributed by atoms with Crippen LogP contribution in [0.15, 0.2) is 23.8 Å². The maximum Gasteiger partial charge on any atom is 0.303 e. The number of allylic oxidation sites excluding steroid dienone is 2. The highest BCUT2D eigenvalue weighted by Gasteiger charge is 2.50. The molecule has 0 aromatic heterocycles. The van der Waals surface area contributed by atoms with E-state index in [1.165, 1.54) is 19.1 Å².